The van der Waals surface area contributed by atoms with Crippen LogP contribution in [0.3, 0.4) is 0 Å². The van der Waals surface area contributed by atoms with Crippen molar-refractivity contribution in [3.05, 3.63) is 53.1 Å². The number of hydrogen-bond acceptors (Lipinski definition) is 3. The van der Waals surface area contributed by atoms with Gasteiger partial charge < -0.3 is 14.8 Å². The summed E-state index contributed by atoms with van der Waals surface area (Å²) in [5, 5.41) is 3.04. The van der Waals surface area contributed by atoms with Crippen molar-refractivity contribution in [2.45, 2.75) is 26.6 Å². The van der Waals surface area contributed by atoms with E-state index in [4.69, 9.17) is 16.3 Å². The Kier molecular flexibility index (Phi) is 5.98. The van der Waals surface area contributed by atoms with Gasteiger partial charge >= 0.3 is 6.61 Å². The van der Waals surface area contributed by atoms with Gasteiger partial charge in [-0.05, 0) is 55.8 Å². The summed E-state index contributed by atoms with van der Waals surface area (Å²) in [6.45, 7) is 0.581. The summed E-state index contributed by atoms with van der Waals surface area (Å²) in [6, 6.07) is 10.9. The van der Waals surface area contributed by atoms with Gasteiger partial charge in [0.25, 0.3) is 5.91 Å². The van der Waals surface area contributed by atoms with Gasteiger partial charge in [-0.25, -0.2) is 0 Å². The first-order valence-corrected chi connectivity index (χ1v) is 7.51. The molecule has 4 nitrogen and oxygen atoms in total. The van der Waals surface area contributed by atoms with E-state index in [1.807, 2.05) is 13.0 Å². The first-order valence-electron chi connectivity index (χ1n) is 7.13. The van der Waals surface area contributed by atoms with E-state index < -0.39 is 18.6 Å². The Morgan fingerprint density at radius 2 is 1.79 bits per heavy atom. The standard InChI is InChI=1S/C17H16ClF2NO3/c1-10-3-8-14(18)15(9-10)23-11(2)16(22)21-12-4-6-13(7-5-12)24-17(19)20/h3-9,11,17H,1-2H3,(H,21,22). The van der Waals surface area contributed by atoms with E-state index in [1.165, 1.54) is 24.3 Å². The number of hydrogen-bond donors (Lipinski definition) is 1. The van der Waals surface area contributed by atoms with E-state index in [0.29, 0.717) is 16.5 Å². The van der Waals surface area contributed by atoms with Gasteiger partial charge in [-0.2, -0.15) is 8.78 Å². The summed E-state index contributed by atoms with van der Waals surface area (Å²) in [7, 11) is 0. The number of ether oxygens (including phenoxy) is 2. The topological polar surface area (TPSA) is 47.6 Å². The van der Waals surface area contributed by atoms with Gasteiger partial charge in [0.15, 0.2) is 6.10 Å². The predicted octanol–water partition coefficient (Wildman–Crippen LogP) is 4.66. The van der Waals surface area contributed by atoms with Crippen LogP contribution in [-0.4, -0.2) is 18.6 Å². The molecule has 128 valence electrons. The fourth-order valence-electron chi connectivity index (χ4n) is 1.91. The lowest BCUT2D eigenvalue weighted by atomic mass is 10.2. The molecular weight excluding hydrogens is 340 g/mol. The molecule has 0 aliphatic heterocycles. The molecular formula is C17H16ClF2NO3. The highest BCUT2D eigenvalue weighted by molar-refractivity contribution is 6.32. The molecule has 1 N–H and O–H groups in total. The maximum atomic E-state index is 12.1. The van der Waals surface area contributed by atoms with E-state index in [9.17, 15) is 13.6 Å². The second-order valence-electron chi connectivity index (χ2n) is 5.09. The van der Waals surface area contributed by atoms with Gasteiger partial charge in [-0.1, -0.05) is 17.7 Å². The van der Waals surface area contributed by atoms with Crippen LogP contribution in [0.2, 0.25) is 5.02 Å². The first kappa shape index (κ1) is 18.0. The number of aryl methyl sites for hydroxylation is 1. The Balaban J connectivity index is 1.97. The number of rotatable bonds is 6. The summed E-state index contributed by atoms with van der Waals surface area (Å²) < 4.78 is 34.0. The number of anilines is 1. The van der Waals surface area contributed by atoms with Crippen molar-refractivity contribution in [2.75, 3.05) is 5.32 Å². The lowest BCUT2D eigenvalue weighted by Gasteiger charge is -2.16. The molecule has 0 heterocycles. The summed E-state index contributed by atoms with van der Waals surface area (Å²) in [5.41, 5.74) is 1.39. The smallest absolute Gasteiger partial charge is 0.387 e. The van der Waals surface area contributed by atoms with Crippen LogP contribution in [0.1, 0.15) is 12.5 Å². The first-order chi connectivity index (χ1) is 11.3. The predicted molar refractivity (Wildman–Crippen MR) is 88.0 cm³/mol. The van der Waals surface area contributed by atoms with Gasteiger partial charge in [0.2, 0.25) is 0 Å². The Morgan fingerprint density at radius 3 is 2.42 bits per heavy atom. The minimum atomic E-state index is -2.89. The van der Waals surface area contributed by atoms with E-state index >= 15 is 0 Å². The van der Waals surface area contributed by atoms with Gasteiger partial charge in [0.1, 0.15) is 11.5 Å². The molecule has 0 spiro atoms. The number of nitrogens with one attached hydrogen (secondary N) is 1. The van der Waals surface area contributed by atoms with Crippen LogP contribution in [0.4, 0.5) is 14.5 Å². The normalized spacial score (nSPS) is 11.9. The molecule has 0 aromatic heterocycles. The number of carbonyl (C=O) groups excluding carboxylic acids is 1. The monoisotopic (exact) mass is 355 g/mol. The maximum Gasteiger partial charge on any atom is 0.387 e. The summed E-state index contributed by atoms with van der Waals surface area (Å²) in [4.78, 5) is 12.1. The fourth-order valence-corrected chi connectivity index (χ4v) is 2.07. The number of amides is 1. The Morgan fingerprint density at radius 1 is 1.12 bits per heavy atom. The molecule has 0 saturated heterocycles. The summed E-state index contributed by atoms with van der Waals surface area (Å²) in [5.74, 6) is 0.0361. The summed E-state index contributed by atoms with van der Waals surface area (Å²) in [6.07, 6.45) is -0.790. The zero-order chi connectivity index (χ0) is 17.7. The largest absolute Gasteiger partial charge is 0.479 e. The second-order valence-corrected chi connectivity index (χ2v) is 5.49. The quantitative estimate of drug-likeness (QED) is 0.820. The third kappa shape index (κ3) is 5.09. The maximum absolute atomic E-state index is 12.1. The number of benzene rings is 2. The Bertz CT molecular complexity index is 707. The Labute approximate surface area is 143 Å². The second kappa shape index (κ2) is 7.97. The van der Waals surface area contributed by atoms with Crippen molar-refractivity contribution in [3.8, 4) is 11.5 Å². The molecule has 0 aliphatic rings. The molecule has 0 radical (unpaired) electrons. The van der Waals surface area contributed by atoms with Crippen molar-refractivity contribution < 1.29 is 23.0 Å². The van der Waals surface area contributed by atoms with E-state index in [0.717, 1.165) is 5.56 Å². The molecule has 0 aliphatic carbocycles. The van der Waals surface area contributed by atoms with Crippen LogP contribution < -0.4 is 14.8 Å². The molecule has 0 saturated carbocycles. The molecule has 1 amide bonds. The van der Waals surface area contributed by atoms with Crippen molar-refractivity contribution in [1.82, 2.24) is 0 Å². The van der Waals surface area contributed by atoms with E-state index in [1.54, 1.807) is 19.1 Å². The highest BCUT2D eigenvalue weighted by atomic mass is 35.5. The molecule has 2 aromatic carbocycles. The minimum Gasteiger partial charge on any atom is -0.479 e. The molecule has 2 rings (SSSR count). The third-order valence-corrected chi connectivity index (χ3v) is 3.42. The van der Waals surface area contributed by atoms with Crippen molar-refractivity contribution >= 4 is 23.2 Å². The Hall–Kier alpha value is -2.34. The van der Waals surface area contributed by atoms with Crippen LogP contribution in [0.25, 0.3) is 0 Å². The number of halogens is 3. The highest BCUT2D eigenvalue weighted by Gasteiger charge is 2.16. The average Bonchev–Trinajstić information content (AvgIpc) is 2.52. The van der Waals surface area contributed by atoms with E-state index in [2.05, 4.69) is 10.1 Å². The van der Waals surface area contributed by atoms with Crippen molar-refractivity contribution in [2.24, 2.45) is 0 Å². The number of carbonyl (C=O) groups is 1. The highest BCUT2D eigenvalue weighted by Crippen LogP contribution is 2.26. The fraction of sp³-hybridized carbons (Fsp3) is 0.235. The lowest BCUT2D eigenvalue weighted by molar-refractivity contribution is -0.122. The number of alkyl halides is 2. The van der Waals surface area contributed by atoms with Crippen LogP contribution in [0.15, 0.2) is 42.5 Å². The lowest BCUT2D eigenvalue weighted by Crippen LogP contribution is -2.30. The van der Waals surface area contributed by atoms with Gasteiger partial charge in [-0.3, -0.25) is 4.79 Å². The third-order valence-electron chi connectivity index (χ3n) is 3.11. The van der Waals surface area contributed by atoms with Gasteiger partial charge in [0, 0.05) is 5.69 Å². The molecule has 0 fully saturated rings. The molecule has 7 heteroatoms. The zero-order valence-corrected chi connectivity index (χ0v) is 13.8. The average molecular weight is 356 g/mol. The zero-order valence-electron chi connectivity index (χ0n) is 13.1. The van der Waals surface area contributed by atoms with Crippen LogP contribution in [0, 0.1) is 6.92 Å². The molecule has 1 unspecified atom stereocenters. The minimum absolute atomic E-state index is 0.0128. The molecule has 24 heavy (non-hydrogen) atoms. The SMILES string of the molecule is Cc1ccc(Cl)c(OC(C)C(=O)Nc2ccc(OC(F)F)cc2)c1. The van der Waals surface area contributed by atoms with Gasteiger partial charge in [0.05, 0.1) is 5.02 Å². The van der Waals surface area contributed by atoms with Crippen LogP contribution >= 0.6 is 11.6 Å². The summed E-state index contributed by atoms with van der Waals surface area (Å²) >= 11 is 6.03. The molecule has 1 atom stereocenters. The van der Waals surface area contributed by atoms with Crippen LogP contribution in [0.5, 0.6) is 11.5 Å². The van der Waals surface area contributed by atoms with Crippen molar-refractivity contribution in [1.29, 1.82) is 0 Å². The van der Waals surface area contributed by atoms with Gasteiger partial charge in [-0.15, -0.1) is 0 Å². The van der Waals surface area contributed by atoms with Crippen LogP contribution in [-0.2, 0) is 4.79 Å². The molecule has 0 bridgehead atoms. The van der Waals surface area contributed by atoms with E-state index in [-0.39, 0.29) is 5.75 Å². The molecule has 2 aromatic rings. The van der Waals surface area contributed by atoms with Crippen molar-refractivity contribution in [3.63, 3.8) is 0 Å².